The van der Waals surface area contributed by atoms with Crippen LogP contribution in [0.1, 0.15) is 72.2 Å². The molecule has 0 unspecified atom stereocenters. The molecular formula is C32H34O10. The van der Waals surface area contributed by atoms with E-state index < -0.39 is 24.2 Å². The van der Waals surface area contributed by atoms with Crippen LogP contribution in [0.2, 0.25) is 0 Å². The second kappa shape index (κ2) is 16.4. The molecule has 10 nitrogen and oxygen atoms in total. The van der Waals surface area contributed by atoms with E-state index in [1.165, 1.54) is 60.7 Å². The minimum Gasteiger partial charge on any atom is -0.434 e. The van der Waals surface area contributed by atoms with Gasteiger partial charge in [-0.2, -0.15) is 0 Å². The molecule has 0 heterocycles. The van der Waals surface area contributed by atoms with Crippen LogP contribution in [-0.4, -0.2) is 37.5 Å². The van der Waals surface area contributed by atoms with E-state index in [0.717, 1.165) is 32.1 Å². The predicted octanol–water partition coefficient (Wildman–Crippen LogP) is 7.45. The van der Waals surface area contributed by atoms with Gasteiger partial charge >= 0.3 is 24.2 Å². The number of carbonyl (C=O) groups excluding carboxylic acids is 4. The summed E-state index contributed by atoms with van der Waals surface area (Å²) in [5.74, 6) is -0.237. The second-order valence-corrected chi connectivity index (χ2v) is 9.22. The second-order valence-electron chi connectivity index (χ2n) is 9.22. The molecule has 222 valence electrons. The highest BCUT2D eigenvalue weighted by Crippen LogP contribution is 2.26. The summed E-state index contributed by atoms with van der Waals surface area (Å²) in [5.41, 5.74) is 1.05. The first-order valence-corrected chi connectivity index (χ1v) is 13.7. The molecule has 0 amide bonds. The highest BCUT2D eigenvalue weighted by molar-refractivity contribution is 5.92. The molecule has 0 atom stereocenters. The van der Waals surface area contributed by atoms with Gasteiger partial charge in [-0.25, -0.2) is 19.2 Å². The van der Waals surface area contributed by atoms with E-state index in [1.807, 2.05) is 6.92 Å². The van der Waals surface area contributed by atoms with E-state index in [4.69, 9.17) is 28.4 Å². The van der Waals surface area contributed by atoms with Crippen LogP contribution in [0.4, 0.5) is 9.59 Å². The lowest BCUT2D eigenvalue weighted by Crippen LogP contribution is -2.12. The Morgan fingerprint density at radius 1 is 0.548 bits per heavy atom. The third-order valence-electron chi connectivity index (χ3n) is 5.83. The fourth-order valence-electron chi connectivity index (χ4n) is 3.50. The number of carbonyl (C=O) groups is 4. The molecule has 0 saturated heterocycles. The van der Waals surface area contributed by atoms with Crippen molar-refractivity contribution in [3.05, 3.63) is 83.4 Å². The first kappa shape index (κ1) is 31.7. The molecule has 0 aliphatic heterocycles. The van der Waals surface area contributed by atoms with Crippen molar-refractivity contribution >= 4 is 24.2 Å². The van der Waals surface area contributed by atoms with Crippen LogP contribution in [0.15, 0.2) is 66.7 Å². The summed E-state index contributed by atoms with van der Waals surface area (Å²) in [7, 11) is 0. The molecular weight excluding hydrogens is 544 g/mol. The molecule has 0 fully saturated rings. The van der Waals surface area contributed by atoms with Gasteiger partial charge in [0.05, 0.1) is 24.3 Å². The fourth-order valence-corrected chi connectivity index (χ4v) is 3.50. The smallest absolute Gasteiger partial charge is 0.434 e. The van der Waals surface area contributed by atoms with Crippen molar-refractivity contribution in [1.29, 1.82) is 0 Å². The molecule has 0 bridgehead atoms. The Morgan fingerprint density at radius 2 is 1.02 bits per heavy atom. The number of hydrogen-bond donors (Lipinski definition) is 0. The largest absolute Gasteiger partial charge is 0.513 e. The van der Waals surface area contributed by atoms with Crippen LogP contribution in [-0.2, 0) is 9.47 Å². The SMILES string of the molecule is CCCCCOC(=O)Oc1ccc(C(=O)Oc2ccc(OC(=O)c3ccc(OC(=O)OCCCC)cc3)c(C)c2)cc1. The fraction of sp³-hybridized carbons (Fsp3) is 0.312. The quantitative estimate of drug-likeness (QED) is 0.0874. The minimum absolute atomic E-state index is 0.234. The average Bonchev–Trinajstić information content (AvgIpc) is 2.97. The summed E-state index contributed by atoms with van der Waals surface area (Å²) in [4.78, 5) is 48.6. The van der Waals surface area contributed by atoms with Gasteiger partial charge in [-0.1, -0.05) is 33.1 Å². The number of hydrogen-bond acceptors (Lipinski definition) is 10. The predicted molar refractivity (Wildman–Crippen MR) is 152 cm³/mol. The Balaban J connectivity index is 1.50. The van der Waals surface area contributed by atoms with Gasteiger partial charge in [-0.3, -0.25) is 0 Å². The average molecular weight is 579 g/mol. The van der Waals surface area contributed by atoms with Gasteiger partial charge in [-0.05, 0) is 92.1 Å². The topological polar surface area (TPSA) is 124 Å². The zero-order valence-corrected chi connectivity index (χ0v) is 23.9. The van der Waals surface area contributed by atoms with Crippen LogP contribution in [0.25, 0.3) is 0 Å². The number of rotatable bonds is 13. The molecule has 0 saturated carbocycles. The molecule has 0 spiro atoms. The van der Waals surface area contributed by atoms with Crippen molar-refractivity contribution in [3.63, 3.8) is 0 Å². The molecule has 0 aliphatic carbocycles. The first-order chi connectivity index (χ1) is 20.3. The van der Waals surface area contributed by atoms with Gasteiger partial charge in [0.25, 0.3) is 0 Å². The van der Waals surface area contributed by atoms with Gasteiger partial charge in [0.2, 0.25) is 0 Å². The number of benzene rings is 3. The maximum atomic E-state index is 12.6. The van der Waals surface area contributed by atoms with Crippen molar-refractivity contribution in [2.24, 2.45) is 0 Å². The van der Waals surface area contributed by atoms with Gasteiger partial charge in [0.15, 0.2) is 0 Å². The van der Waals surface area contributed by atoms with Gasteiger partial charge in [0, 0.05) is 0 Å². The zero-order valence-electron chi connectivity index (χ0n) is 23.9. The molecule has 0 aliphatic rings. The standard InChI is InChI=1S/C32H34O10/c1-4-6-8-20-38-32(36)41-25-13-9-23(10-14-25)29(33)39-27-17-18-28(22(3)21-27)42-30(34)24-11-15-26(16-12-24)40-31(35)37-19-7-5-2/h9-18,21H,4-8,19-20H2,1-3H3. The third-order valence-corrected chi connectivity index (χ3v) is 5.83. The summed E-state index contributed by atoms with van der Waals surface area (Å²) in [6, 6.07) is 16.3. The van der Waals surface area contributed by atoms with Crippen LogP contribution >= 0.6 is 0 Å². The van der Waals surface area contributed by atoms with Crippen LogP contribution in [0.5, 0.6) is 23.0 Å². The monoisotopic (exact) mass is 578 g/mol. The molecule has 42 heavy (non-hydrogen) atoms. The van der Waals surface area contributed by atoms with E-state index in [-0.39, 0.29) is 47.3 Å². The first-order valence-electron chi connectivity index (χ1n) is 13.7. The van der Waals surface area contributed by atoms with Gasteiger partial charge in [-0.15, -0.1) is 0 Å². The van der Waals surface area contributed by atoms with Crippen molar-refractivity contribution in [1.82, 2.24) is 0 Å². The lowest BCUT2D eigenvalue weighted by atomic mass is 10.2. The number of aryl methyl sites for hydroxylation is 1. The Kier molecular flexibility index (Phi) is 12.4. The summed E-state index contributed by atoms with van der Waals surface area (Å²) in [5, 5.41) is 0. The summed E-state index contributed by atoms with van der Waals surface area (Å²) in [6.45, 7) is 6.30. The lowest BCUT2D eigenvalue weighted by molar-refractivity contribution is 0.0718. The third kappa shape index (κ3) is 10.3. The van der Waals surface area contributed by atoms with Crippen LogP contribution in [0, 0.1) is 6.92 Å². The number of ether oxygens (including phenoxy) is 6. The van der Waals surface area contributed by atoms with E-state index in [1.54, 1.807) is 13.0 Å². The van der Waals surface area contributed by atoms with Gasteiger partial charge < -0.3 is 28.4 Å². The Morgan fingerprint density at radius 3 is 1.52 bits per heavy atom. The molecule has 3 aromatic rings. The maximum absolute atomic E-state index is 12.6. The van der Waals surface area contributed by atoms with E-state index in [2.05, 4.69) is 6.92 Å². The Hall–Kier alpha value is -4.86. The Labute approximate surface area is 244 Å². The van der Waals surface area contributed by atoms with Crippen LogP contribution in [0.3, 0.4) is 0 Å². The van der Waals surface area contributed by atoms with E-state index in [9.17, 15) is 19.2 Å². The highest BCUT2D eigenvalue weighted by Gasteiger charge is 2.15. The summed E-state index contributed by atoms with van der Waals surface area (Å²) < 4.78 is 31.0. The lowest BCUT2D eigenvalue weighted by Gasteiger charge is -2.11. The van der Waals surface area contributed by atoms with Gasteiger partial charge in [0.1, 0.15) is 23.0 Å². The van der Waals surface area contributed by atoms with Crippen molar-refractivity contribution in [3.8, 4) is 23.0 Å². The van der Waals surface area contributed by atoms with Crippen molar-refractivity contribution in [2.75, 3.05) is 13.2 Å². The molecule has 10 heteroatoms. The number of unbranched alkanes of at least 4 members (excludes halogenated alkanes) is 3. The molecule has 3 aromatic carbocycles. The normalized spacial score (nSPS) is 10.4. The molecule has 0 N–H and O–H groups in total. The maximum Gasteiger partial charge on any atom is 0.513 e. The number of esters is 2. The highest BCUT2D eigenvalue weighted by atomic mass is 16.7. The zero-order chi connectivity index (χ0) is 30.3. The molecule has 0 aromatic heterocycles. The van der Waals surface area contributed by atoms with Crippen LogP contribution < -0.4 is 18.9 Å². The summed E-state index contributed by atoms with van der Waals surface area (Å²) >= 11 is 0. The van der Waals surface area contributed by atoms with E-state index >= 15 is 0 Å². The Bertz CT molecular complexity index is 1350. The van der Waals surface area contributed by atoms with E-state index in [0.29, 0.717) is 5.56 Å². The minimum atomic E-state index is -0.809. The van der Waals surface area contributed by atoms with Crippen molar-refractivity contribution < 1.29 is 47.6 Å². The molecule has 3 rings (SSSR count). The molecule has 0 radical (unpaired) electrons. The van der Waals surface area contributed by atoms with Crippen molar-refractivity contribution in [2.45, 2.75) is 52.9 Å². The summed E-state index contributed by atoms with van der Waals surface area (Å²) in [6.07, 6.45) is 2.77.